The van der Waals surface area contributed by atoms with Crippen molar-refractivity contribution in [3.8, 4) is 0 Å². The van der Waals surface area contributed by atoms with Crippen LogP contribution in [0.2, 0.25) is 0 Å². The number of hydrogen-bond acceptors (Lipinski definition) is 2. The number of nitrogens with one attached hydrogen (secondary N) is 2. The molecule has 1 heterocycles. The average Bonchev–Trinajstić information content (AvgIpc) is 3.64. The summed E-state index contributed by atoms with van der Waals surface area (Å²) in [5.41, 5.74) is 5.16. The summed E-state index contributed by atoms with van der Waals surface area (Å²) in [5, 5.41) is 6.96. The lowest BCUT2D eigenvalue weighted by molar-refractivity contribution is -0.119. The Hall–Kier alpha value is -4.64. The Kier molecular flexibility index (Phi) is 6.96. The fourth-order valence-corrected chi connectivity index (χ4v) is 5.66. The van der Waals surface area contributed by atoms with Crippen molar-refractivity contribution in [3.05, 3.63) is 132 Å². The van der Waals surface area contributed by atoms with E-state index in [-0.39, 0.29) is 23.8 Å². The number of aromatic nitrogens is 1. The van der Waals surface area contributed by atoms with E-state index in [1.54, 1.807) is 0 Å². The van der Waals surface area contributed by atoms with E-state index in [1.807, 2.05) is 91.1 Å². The molecule has 0 spiro atoms. The summed E-state index contributed by atoms with van der Waals surface area (Å²) in [4.78, 5) is 26.6. The summed E-state index contributed by atoms with van der Waals surface area (Å²) in [6.07, 6.45) is 6.01. The van der Waals surface area contributed by atoms with Gasteiger partial charge < -0.3 is 15.2 Å². The number of carbonyl (C=O) groups is 2. The summed E-state index contributed by atoms with van der Waals surface area (Å²) in [5.74, 6) is -0.0659. The minimum Gasteiger partial charge on any atom is -0.335 e. The Labute approximate surface area is 228 Å². The molecule has 39 heavy (non-hydrogen) atoms. The van der Waals surface area contributed by atoms with Crippen molar-refractivity contribution in [2.45, 2.75) is 31.7 Å². The Morgan fingerprint density at radius 3 is 1.90 bits per heavy atom. The lowest BCUT2D eigenvalue weighted by Crippen LogP contribution is -2.20. The van der Waals surface area contributed by atoms with Crippen molar-refractivity contribution in [2.24, 2.45) is 5.92 Å². The van der Waals surface area contributed by atoms with Crippen LogP contribution in [0.4, 0.5) is 11.4 Å². The molecule has 0 radical (unpaired) electrons. The number of benzene rings is 4. The highest BCUT2D eigenvalue weighted by Crippen LogP contribution is 2.35. The van der Waals surface area contributed by atoms with E-state index in [2.05, 4.69) is 39.5 Å². The quantitative estimate of drug-likeness (QED) is 0.235. The SMILES string of the molecule is O=C(Nc1ccccc1)c1cn(C(c2ccccc2)c2ccccc2)c2ccc(NC(=O)C3CCCC3)cc12. The number of para-hydroxylation sites is 1. The molecule has 1 saturated carbocycles. The van der Waals surface area contributed by atoms with Crippen molar-refractivity contribution in [3.63, 3.8) is 0 Å². The van der Waals surface area contributed by atoms with Gasteiger partial charge in [-0.1, -0.05) is 91.7 Å². The van der Waals surface area contributed by atoms with E-state index < -0.39 is 0 Å². The van der Waals surface area contributed by atoms with Crippen molar-refractivity contribution in [2.75, 3.05) is 10.6 Å². The molecule has 0 unspecified atom stereocenters. The number of carbonyl (C=O) groups excluding carboxylic acids is 2. The molecule has 1 aliphatic rings. The third-order valence-electron chi connectivity index (χ3n) is 7.61. The van der Waals surface area contributed by atoms with E-state index in [4.69, 9.17) is 0 Å². The third kappa shape index (κ3) is 5.21. The molecular formula is C34H31N3O2. The molecule has 1 aromatic heterocycles. The van der Waals surface area contributed by atoms with Gasteiger partial charge in [-0.05, 0) is 54.3 Å². The average molecular weight is 514 g/mol. The van der Waals surface area contributed by atoms with Gasteiger partial charge in [0.15, 0.2) is 0 Å². The summed E-state index contributed by atoms with van der Waals surface area (Å²) >= 11 is 0. The van der Waals surface area contributed by atoms with Crippen LogP contribution in [0.3, 0.4) is 0 Å². The standard InChI is InChI=1S/C34H31N3O2/c38-33(26-16-10-11-17-26)36-28-20-21-31-29(22-28)30(34(39)35-27-18-8-3-9-19-27)23-37(31)32(24-12-4-1-5-13-24)25-14-6-2-7-15-25/h1-9,12-15,18-23,26,32H,10-11,16-17H2,(H,35,39)(H,36,38). The van der Waals surface area contributed by atoms with Gasteiger partial charge in [0.2, 0.25) is 5.91 Å². The van der Waals surface area contributed by atoms with Gasteiger partial charge in [0.25, 0.3) is 5.91 Å². The van der Waals surface area contributed by atoms with Gasteiger partial charge in [-0.2, -0.15) is 0 Å². The highest BCUT2D eigenvalue weighted by Gasteiger charge is 2.25. The van der Waals surface area contributed by atoms with E-state index in [0.29, 0.717) is 11.3 Å². The Bertz CT molecular complexity index is 1550. The largest absolute Gasteiger partial charge is 0.335 e. The van der Waals surface area contributed by atoms with Gasteiger partial charge in [-0.15, -0.1) is 0 Å². The monoisotopic (exact) mass is 513 g/mol. The number of anilines is 2. The van der Waals surface area contributed by atoms with Crippen molar-refractivity contribution in [1.82, 2.24) is 4.57 Å². The van der Waals surface area contributed by atoms with Crippen LogP contribution < -0.4 is 10.6 Å². The minimum absolute atomic E-state index is 0.0617. The first-order chi connectivity index (χ1) is 19.2. The zero-order valence-electron chi connectivity index (χ0n) is 21.7. The van der Waals surface area contributed by atoms with Crippen molar-refractivity contribution in [1.29, 1.82) is 0 Å². The predicted molar refractivity (Wildman–Crippen MR) is 157 cm³/mol. The molecule has 1 fully saturated rings. The lowest BCUT2D eigenvalue weighted by Gasteiger charge is -2.21. The van der Waals surface area contributed by atoms with E-state index in [0.717, 1.165) is 53.4 Å². The molecule has 4 aromatic carbocycles. The van der Waals surface area contributed by atoms with Crippen molar-refractivity contribution >= 4 is 34.1 Å². The molecule has 2 amide bonds. The normalized spacial score (nSPS) is 13.6. The molecule has 5 aromatic rings. The minimum atomic E-state index is -0.191. The number of amides is 2. The maximum absolute atomic E-state index is 13.7. The van der Waals surface area contributed by atoms with Crippen LogP contribution in [-0.2, 0) is 4.79 Å². The molecule has 5 nitrogen and oxygen atoms in total. The summed E-state index contributed by atoms with van der Waals surface area (Å²) in [6.45, 7) is 0. The zero-order chi connectivity index (χ0) is 26.6. The van der Waals surface area contributed by atoms with Gasteiger partial charge in [-0.25, -0.2) is 0 Å². The Balaban J connectivity index is 1.47. The van der Waals surface area contributed by atoms with E-state index in [9.17, 15) is 9.59 Å². The van der Waals surface area contributed by atoms with Gasteiger partial charge in [-0.3, -0.25) is 9.59 Å². The van der Waals surface area contributed by atoms with Crippen LogP contribution in [0.1, 0.15) is 53.2 Å². The summed E-state index contributed by atoms with van der Waals surface area (Å²) < 4.78 is 2.17. The highest BCUT2D eigenvalue weighted by molar-refractivity contribution is 6.14. The van der Waals surface area contributed by atoms with Crippen LogP contribution in [0, 0.1) is 5.92 Å². The van der Waals surface area contributed by atoms with E-state index >= 15 is 0 Å². The van der Waals surface area contributed by atoms with Gasteiger partial charge in [0.1, 0.15) is 0 Å². The molecule has 1 aliphatic carbocycles. The number of nitrogens with zero attached hydrogens (tertiary/aromatic N) is 1. The van der Waals surface area contributed by atoms with Crippen LogP contribution in [0.5, 0.6) is 0 Å². The summed E-state index contributed by atoms with van der Waals surface area (Å²) in [6, 6.07) is 35.9. The molecule has 5 heteroatoms. The first-order valence-corrected chi connectivity index (χ1v) is 13.6. The molecule has 0 aliphatic heterocycles. The molecule has 6 rings (SSSR count). The number of fused-ring (bicyclic) bond motifs is 1. The molecule has 0 atom stereocenters. The second kappa shape index (κ2) is 11.0. The summed E-state index contributed by atoms with van der Waals surface area (Å²) in [7, 11) is 0. The Morgan fingerprint density at radius 1 is 0.692 bits per heavy atom. The molecule has 2 N–H and O–H groups in total. The van der Waals surface area contributed by atoms with Crippen LogP contribution in [-0.4, -0.2) is 16.4 Å². The number of hydrogen-bond donors (Lipinski definition) is 2. The predicted octanol–water partition coefficient (Wildman–Crippen LogP) is 7.66. The van der Waals surface area contributed by atoms with Gasteiger partial charge in [0, 0.05) is 34.4 Å². The first-order valence-electron chi connectivity index (χ1n) is 13.6. The van der Waals surface area contributed by atoms with Gasteiger partial charge in [0.05, 0.1) is 11.6 Å². The molecule has 194 valence electrons. The highest BCUT2D eigenvalue weighted by atomic mass is 16.2. The van der Waals surface area contributed by atoms with Crippen LogP contribution in [0.25, 0.3) is 10.9 Å². The fraction of sp³-hybridized carbons (Fsp3) is 0.176. The van der Waals surface area contributed by atoms with Crippen LogP contribution >= 0.6 is 0 Å². The lowest BCUT2D eigenvalue weighted by atomic mass is 9.98. The maximum Gasteiger partial charge on any atom is 0.257 e. The first kappa shape index (κ1) is 24.7. The zero-order valence-corrected chi connectivity index (χ0v) is 21.7. The van der Waals surface area contributed by atoms with E-state index in [1.165, 1.54) is 0 Å². The second-order valence-corrected chi connectivity index (χ2v) is 10.2. The maximum atomic E-state index is 13.7. The molecule has 0 bridgehead atoms. The number of rotatable bonds is 7. The van der Waals surface area contributed by atoms with Gasteiger partial charge >= 0.3 is 0 Å². The fourth-order valence-electron chi connectivity index (χ4n) is 5.66. The Morgan fingerprint density at radius 2 is 1.28 bits per heavy atom. The molecular weight excluding hydrogens is 482 g/mol. The topological polar surface area (TPSA) is 63.1 Å². The smallest absolute Gasteiger partial charge is 0.257 e. The molecule has 0 saturated heterocycles. The second-order valence-electron chi connectivity index (χ2n) is 10.2. The third-order valence-corrected chi connectivity index (χ3v) is 7.61. The van der Waals surface area contributed by atoms with Crippen LogP contribution in [0.15, 0.2) is 115 Å². The van der Waals surface area contributed by atoms with Crippen molar-refractivity contribution < 1.29 is 9.59 Å².